The molecule has 1 aromatic carbocycles. The van der Waals surface area contributed by atoms with Gasteiger partial charge >= 0.3 is 0 Å². The van der Waals surface area contributed by atoms with Crippen molar-refractivity contribution in [3.8, 4) is 28.6 Å². The maximum Gasteiger partial charge on any atom is 0.235 e. The predicted molar refractivity (Wildman–Crippen MR) is 128 cm³/mol. The molecule has 0 radical (unpaired) electrons. The zero-order valence-corrected chi connectivity index (χ0v) is 19.4. The minimum Gasteiger partial charge on any atom is -0.316 e. The number of carbonyl (C=O) groups excluding carboxylic acids is 1. The SMILES string of the molecule is CCn1c(SCC(=O)Nc2sccc2C#N)nnc1-c1csc(C)c1-c1ccccc1. The van der Waals surface area contributed by atoms with Gasteiger partial charge in [-0.25, -0.2) is 0 Å². The van der Waals surface area contributed by atoms with Gasteiger partial charge in [-0.15, -0.1) is 32.9 Å². The van der Waals surface area contributed by atoms with Crippen molar-refractivity contribution in [1.82, 2.24) is 14.8 Å². The van der Waals surface area contributed by atoms with E-state index < -0.39 is 0 Å². The fraction of sp³-hybridized carbons (Fsp3) is 0.182. The molecule has 4 aromatic rings. The molecular formula is C22H19N5OS3. The van der Waals surface area contributed by atoms with Crippen molar-refractivity contribution >= 4 is 45.3 Å². The van der Waals surface area contributed by atoms with Gasteiger partial charge in [0.25, 0.3) is 0 Å². The number of thiophene rings is 2. The molecule has 0 spiro atoms. The molecule has 0 aliphatic carbocycles. The normalized spacial score (nSPS) is 10.7. The molecular weight excluding hydrogens is 446 g/mol. The van der Waals surface area contributed by atoms with Crippen LogP contribution in [-0.2, 0) is 11.3 Å². The van der Waals surface area contributed by atoms with Gasteiger partial charge in [-0.2, -0.15) is 5.26 Å². The zero-order chi connectivity index (χ0) is 21.8. The Balaban J connectivity index is 1.55. The van der Waals surface area contributed by atoms with E-state index in [0.29, 0.717) is 22.3 Å². The second kappa shape index (κ2) is 9.47. The van der Waals surface area contributed by atoms with Crippen LogP contribution in [0.4, 0.5) is 5.00 Å². The Hall–Kier alpha value is -2.93. The van der Waals surface area contributed by atoms with Crippen molar-refractivity contribution in [3.05, 3.63) is 57.6 Å². The van der Waals surface area contributed by atoms with E-state index in [1.54, 1.807) is 22.8 Å². The van der Waals surface area contributed by atoms with Crippen LogP contribution in [0.15, 0.2) is 52.3 Å². The van der Waals surface area contributed by atoms with E-state index in [1.807, 2.05) is 29.7 Å². The number of nitrogens with zero attached hydrogens (tertiary/aromatic N) is 4. The third kappa shape index (κ3) is 4.42. The van der Waals surface area contributed by atoms with E-state index in [-0.39, 0.29) is 11.7 Å². The number of nitriles is 1. The highest BCUT2D eigenvalue weighted by Crippen LogP contribution is 2.39. The molecule has 1 N–H and O–H groups in total. The number of amides is 1. The van der Waals surface area contributed by atoms with Crippen LogP contribution >= 0.6 is 34.4 Å². The Kier molecular flexibility index (Phi) is 6.51. The number of aromatic nitrogens is 3. The molecule has 1 amide bonds. The van der Waals surface area contributed by atoms with Crippen molar-refractivity contribution in [2.24, 2.45) is 0 Å². The molecule has 3 aromatic heterocycles. The average Bonchev–Trinajstić information content (AvgIpc) is 3.50. The van der Waals surface area contributed by atoms with Crippen LogP contribution in [0.2, 0.25) is 0 Å². The van der Waals surface area contributed by atoms with E-state index in [0.717, 1.165) is 17.0 Å². The Bertz CT molecular complexity index is 1250. The highest BCUT2D eigenvalue weighted by molar-refractivity contribution is 7.99. The Morgan fingerprint density at radius 2 is 2.03 bits per heavy atom. The summed E-state index contributed by atoms with van der Waals surface area (Å²) in [6.07, 6.45) is 0. The van der Waals surface area contributed by atoms with E-state index >= 15 is 0 Å². The summed E-state index contributed by atoms with van der Waals surface area (Å²) in [6, 6.07) is 14.1. The van der Waals surface area contributed by atoms with Crippen molar-refractivity contribution < 1.29 is 4.79 Å². The average molecular weight is 466 g/mol. The molecule has 9 heteroatoms. The molecule has 0 saturated carbocycles. The molecule has 0 atom stereocenters. The molecule has 31 heavy (non-hydrogen) atoms. The molecule has 6 nitrogen and oxygen atoms in total. The maximum absolute atomic E-state index is 12.4. The van der Waals surface area contributed by atoms with Gasteiger partial charge in [0.15, 0.2) is 11.0 Å². The van der Waals surface area contributed by atoms with Gasteiger partial charge in [0.2, 0.25) is 5.91 Å². The van der Waals surface area contributed by atoms with Gasteiger partial charge in [-0.05, 0) is 30.9 Å². The number of aryl methyl sites for hydroxylation is 1. The van der Waals surface area contributed by atoms with E-state index in [2.05, 4.69) is 46.0 Å². The molecule has 0 aliphatic heterocycles. The number of hydrogen-bond acceptors (Lipinski definition) is 7. The van der Waals surface area contributed by atoms with Crippen LogP contribution in [-0.4, -0.2) is 26.4 Å². The first kappa shape index (κ1) is 21.3. The molecule has 0 aliphatic rings. The van der Waals surface area contributed by atoms with Crippen molar-refractivity contribution in [2.45, 2.75) is 25.5 Å². The third-order valence-electron chi connectivity index (χ3n) is 4.68. The summed E-state index contributed by atoms with van der Waals surface area (Å²) >= 11 is 4.38. The second-order valence-corrected chi connectivity index (χ2v) is 9.55. The van der Waals surface area contributed by atoms with Gasteiger partial charge in [0.05, 0.1) is 11.3 Å². The quantitative estimate of drug-likeness (QED) is 0.356. The fourth-order valence-electron chi connectivity index (χ4n) is 3.25. The first-order chi connectivity index (χ1) is 15.1. The van der Waals surface area contributed by atoms with Crippen LogP contribution in [0.1, 0.15) is 17.4 Å². The van der Waals surface area contributed by atoms with E-state index in [9.17, 15) is 4.79 Å². The summed E-state index contributed by atoms with van der Waals surface area (Å²) < 4.78 is 2.04. The summed E-state index contributed by atoms with van der Waals surface area (Å²) in [5.74, 6) is 0.820. The molecule has 0 bridgehead atoms. The number of carbonyl (C=O) groups is 1. The lowest BCUT2D eigenvalue weighted by Gasteiger charge is -2.09. The molecule has 4 rings (SSSR count). The van der Waals surface area contributed by atoms with E-state index in [4.69, 9.17) is 5.26 Å². The van der Waals surface area contributed by atoms with Crippen LogP contribution < -0.4 is 5.32 Å². The predicted octanol–water partition coefficient (Wildman–Crippen LogP) is 5.67. The van der Waals surface area contributed by atoms with Gasteiger partial charge in [-0.1, -0.05) is 42.1 Å². The maximum atomic E-state index is 12.4. The molecule has 156 valence electrons. The number of anilines is 1. The van der Waals surface area contributed by atoms with E-state index in [1.165, 1.54) is 33.5 Å². The summed E-state index contributed by atoms with van der Waals surface area (Å²) in [6.45, 7) is 4.85. The van der Waals surface area contributed by atoms with Gasteiger partial charge in [-0.3, -0.25) is 4.79 Å². The van der Waals surface area contributed by atoms with Crippen LogP contribution in [0, 0.1) is 18.3 Å². The Labute approximate surface area is 192 Å². The minimum absolute atomic E-state index is 0.174. The monoisotopic (exact) mass is 465 g/mol. The summed E-state index contributed by atoms with van der Waals surface area (Å²) in [5, 5.41) is 25.9. The molecule has 3 heterocycles. The molecule has 0 fully saturated rings. The second-order valence-electron chi connectivity index (χ2n) is 6.61. The van der Waals surface area contributed by atoms with Crippen molar-refractivity contribution in [1.29, 1.82) is 5.26 Å². The summed E-state index contributed by atoms with van der Waals surface area (Å²) in [5.41, 5.74) is 3.85. The lowest BCUT2D eigenvalue weighted by Crippen LogP contribution is -2.14. The first-order valence-electron chi connectivity index (χ1n) is 9.59. The number of thioether (sulfide) groups is 1. The number of hydrogen-bond donors (Lipinski definition) is 1. The topological polar surface area (TPSA) is 83.6 Å². The largest absolute Gasteiger partial charge is 0.316 e. The Morgan fingerprint density at radius 1 is 1.23 bits per heavy atom. The fourth-order valence-corrected chi connectivity index (χ4v) is 5.67. The van der Waals surface area contributed by atoms with Gasteiger partial charge in [0.1, 0.15) is 11.1 Å². The number of nitrogens with one attached hydrogen (secondary N) is 1. The highest BCUT2D eigenvalue weighted by Gasteiger charge is 2.20. The highest BCUT2D eigenvalue weighted by atomic mass is 32.2. The van der Waals surface area contributed by atoms with Crippen LogP contribution in [0.25, 0.3) is 22.5 Å². The van der Waals surface area contributed by atoms with Gasteiger partial charge in [0, 0.05) is 27.9 Å². The first-order valence-corrected chi connectivity index (χ1v) is 12.3. The summed E-state index contributed by atoms with van der Waals surface area (Å²) in [7, 11) is 0. The lowest BCUT2D eigenvalue weighted by molar-refractivity contribution is -0.113. The standard InChI is InChI=1S/C22H19N5OS3/c1-3-27-20(17-12-30-14(2)19(17)15-7-5-4-6-8-15)25-26-22(27)31-13-18(28)24-21-16(11-23)9-10-29-21/h4-10,12H,3,13H2,1-2H3,(H,24,28). The van der Waals surface area contributed by atoms with Gasteiger partial charge < -0.3 is 9.88 Å². The lowest BCUT2D eigenvalue weighted by atomic mass is 10.0. The van der Waals surface area contributed by atoms with Crippen LogP contribution in [0.5, 0.6) is 0 Å². The van der Waals surface area contributed by atoms with Crippen molar-refractivity contribution in [3.63, 3.8) is 0 Å². The third-order valence-corrected chi connectivity index (χ3v) is 7.39. The Morgan fingerprint density at radius 3 is 2.77 bits per heavy atom. The minimum atomic E-state index is -0.174. The number of benzene rings is 1. The number of rotatable bonds is 7. The summed E-state index contributed by atoms with van der Waals surface area (Å²) in [4.78, 5) is 13.6. The smallest absolute Gasteiger partial charge is 0.235 e. The zero-order valence-electron chi connectivity index (χ0n) is 17.0. The van der Waals surface area contributed by atoms with Crippen LogP contribution in [0.3, 0.4) is 0 Å². The van der Waals surface area contributed by atoms with Crippen molar-refractivity contribution in [2.75, 3.05) is 11.1 Å². The molecule has 0 unspecified atom stereocenters. The molecule has 0 saturated heterocycles.